The van der Waals surface area contributed by atoms with Crippen LogP contribution in [-0.2, 0) is 15.9 Å². The van der Waals surface area contributed by atoms with Crippen molar-refractivity contribution in [1.82, 2.24) is 19.9 Å². The lowest BCUT2D eigenvalue weighted by Gasteiger charge is -2.30. The molecule has 1 aliphatic rings. The first-order valence-corrected chi connectivity index (χ1v) is 11.3. The number of aliphatic hydroxyl groups is 1. The van der Waals surface area contributed by atoms with Gasteiger partial charge in [-0.25, -0.2) is 9.97 Å². The summed E-state index contributed by atoms with van der Waals surface area (Å²) in [4.78, 5) is 17.5. The molecule has 8 heteroatoms. The first-order valence-electron chi connectivity index (χ1n) is 11.3. The summed E-state index contributed by atoms with van der Waals surface area (Å²) in [5.41, 5.74) is -3.55. The summed E-state index contributed by atoms with van der Waals surface area (Å²) in [6, 6.07) is 3.25. The van der Waals surface area contributed by atoms with Crippen LogP contribution in [0.25, 0.3) is 0 Å². The van der Waals surface area contributed by atoms with Gasteiger partial charge in [-0.3, -0.25) is 0 Å². The summed E-state index contributed by atoms with van der Waals surface area (Å²) in [5.74, 6) is 18.5. The summed E-state index contributed by atoms with van der Waals surface area (Å²) in [6.45, 7) is 11.6. The van der Waals surface area contributed by atoms with E-state index in [0.29, 0.717) is 24.9 Å². The minimum Gasteiger partial charge on any atom is -0.458 e. The Morgan fingerprint density at radius 2 is 1.49 bits per heavy atom. The molecule has 0 bridgehead atoms. The minimum atomic E-state index is -1.53. The topological polar surface area (TPSA) is 99.5 Å². The molecule has 0 aliphatic carbocycles. The molecular weight excluding hydrogens is 444 g/mol. The molecule has 3 rings (SSSR count). The molecule has 0 saturated carbocycles. The summed E-state index contributed by atoms with van der Waals surface area (Å²) in [7, 11) is 0. The predicted octanol–water partition coefficient (Wildman–Crippen LogP) is 3.01. The monoisotopic (exact) mass is 474 g/mol. The maximum absolute atomic E-state index is 10.6. The number of aromatic nitrogens is 4. The maximum Gasteiger partial charge on any atom is 0.227 e. The lowest BCUT2D eigenvalue weighted by molar-refractivity contribution is 0.0637. The smallest absolute Gasteiger partial charge is 0.227 e. The van der Waals surface area contributed by atoms with Gasteiger partial charge in [0.25, 0.3) is 0 Å². The molecule has 2 unspecified atom stereocenters. The van der Waals surface area contributed by atoms with E-state index in [4.69, 9.17) is 14.2 Å². The van der Waals surface area contributed by atoms with Crippen LogP contribution in [0.2, 0.25) is 0 Å². The number of rotatable bonds is 7. The average molecular weight is 475 g/mol. The highest BCUT2D eigenvalue weighted by molar-refractivity contribution is 5.28. The van der Waals surface area contributed by atoms with Crippen LogP contribution < -0.4 is 9.47 Å². The SMILES string of the molecule is CC#CC(C)(Oc1ccnc([C@@](C)(C#CC)Oc2ccnc([C@@](C)(O)C#CC)n2)n1)C1CCOC1. The van der Waals surface area contributed by atoms with E-state index in [1.54, 1.807) is 46.0 Å². The van der Waals surface area contributed by atoms with Gasteiger partial charge in [-0.05, 0) is 53.9 Å². The molecule has 8 nitrogen and oxygen atoms in total. The van der Waals surface area contributed by atoms with Crippen molar-refractivity contribution >= 4 is 0 Å². The fourth-order valence-electron chi connectivity index (χ4n) is 3.78. The minimum absolute atomic E-state index is 0.113. The van der Waals surface area contributed by atoms with Crippen LogP contribution in [0.1, 0.15) is 59.6 Å². The third kappa shape index (κ3) is 6.08. The van der Waals surface area contributed by atoms with E-state index < -0.39 is 16.8 Å². The molecule has 182 valence electrons. The second kappa shape index (κ2) is 10.7. The zero-order valence-electron chi connectivity index (χ0n) is 21.0. The van der Waals surface area contributed by atoms with Crippen LogP contribution in [0, 0.1) is 41.4 Å². The third-order valence-electron chi connectivity index (χ3n) is 5.56. The molecule has 0 spiro atoms. The number of hydrogen-bond donors (Lipinski definition) is 1. The Morgan fingerprint density at radius 1 is 0.886 bits per heavy atom. The van der Waals surface area contributed by atoms with Crippen molar-refractivity contribution < 1.29 is 19.3 Å². The fourth-order valence-corrected chi connectivity index (χ4v) is 3.78. The molecule has 35 heavy (non-hydrogen) atoms. The van der Waals surface area contributed by atoms with Gasteiger partial charge < -0.3 is 19.3 Å². The second-order valence-corrected chi connectivity index (χ2v) is 8.54. The summed E-state index contributed by atoms with van der Waals surface area (Å²) >= 11 is 0. The second-order valence-electron chi connectivity index (χ2n) is 8.54. The van der Waals surface area contributed by atoms with E-state index in [9.17, 15) is 5.11 Å². The molecule has 0 amide bonds. The summed E-state index contributed by atoms with van der Waals surface area (Å²) in [6.07, 6.45) is 3.93. The van der Waals surface area contributed by atoms with Gasteiger partial charge in [0.15, 0.2) is 22.9 Å². The van der Waals surface area contributed by atoms with E-state index >= 15 is 0 Å². The Labute approximate surface area is 206 Å². The number of ether oxygens (including phenoxy) is 3. The zero-order valence-corrected chi connectivity index (χ0v) is 21.0. The Balaban J connectivity index is 1.94. The first-order chi connectivity index (χ1) is 16.7. The van der Waals surface area contributed by atoms with Crippen LogP contribution in [0.3, 0.4) is 0 Å². The van der Waals surface area contributed by atoms with Crippen molar-refractivity contribution in [2.75, 3.05) is 13.2 Å². The van der Waals surface area contributed by atoms with Gasteiger partial charge >= 0.3 is 0 Å². The molecule has 2 aromatic rings. The Hall–Kier alpha value is -3.64. The molecular formula is C27H30N4O4. The lowest BCUT2D eigenvalue weighted by Crippen LogP contribution is -2.40. The van der Waals surface area contributed by atoms with Crippen molar-refractivity contribution in [1.29, 1.82) is 0 Å². The van der Waals surface area contributed by atoms with Gasteiger partial charge in [0.05, 0.1) is 6.61 Å². The normalized spacial score (nSPS) is 19.7. The van der Waals surface area contributed by atoms with Crippen LogP contribution in [-0.4, -0.2) is 43.9 Å². The van der Waals surface area contributed by atoms with Crippen molar-refractivity contribution in [3.05, 3.63) is 36.2 Å². The largest absolute Gasteiger partial charge is 0.458 e. The molecule has 1 fully saturated rings. The van der Waals surface area contributed by atoms with Crippen molar-refractivity contribution in [3.63, 3.8) is 0 Å². The van der Waals surface area contributed by atoms with Crippen LogP contribution in [0.15, 0.2) is 24.5 Å². The molecule has 2 aromatic heterocycles. The van der Waals surface area contributed by atoms with E-state index in [1.807, 2.05) is 6.92 Å². The summed E-state index contributed by atoms with van der Waals surface area (Å²) in [5, 5.41) is 10.6. The van der Waals surface area contributed by atoms with Crippen LogP contribution in [0.5, 0.6) is 11.8 Å². The molecule has 0 aromatic carbocycles. The molecule has 3 heterocycles. The van der Waals surface area contributed by atoms with Crippen LogP contribution in [0.4, 0.5) is 0 Å². The van der Waals surface area contributed by atoms with E-state index in [-0.39, 0.29) is 17.6 Å². The Kier molecular flexibility index (Phi) is 7.97. The molecule has 1 saturated heterocycles. The maximum atomic E-state index is 10.6. The zero-order chi connectivity index (χ0) is 25.5. The molecule has 4 atom stereocenters. The Morgan fingerprint density at radius 3 is 2.09 bits per heavy atom. The van der Waals surface area contributed by atoms with Gasteiger partial charge in [0.1, 0.15) is 0 Å². The summed E-state index contributed by atoms with van der Waals surface area (Å²) < 4.78 is 18.0. The van der Waals surface area contributed by atoms with Gasteiger partial charge in [0, 0.05) is 37.1 Å². The van der Waals surface area contributed by atoms with Gasteiger partial charge in [-0.15, -0.1) is 17.8 Å². The number of hydrogen-bond acceptors (Lipinski definition) is 8. The fraction of sp³-hybridized carbons (Fsp3) is 0.481. The number of nitrogens with zero attached hydrogens (tertiary/aromatic N) is 4. The third-order valence-corrected chi connectivity index (χ3v) is 5.56. The van der Waals surface area contributed by atoms with E-state index in [1.165, 1.54) is 13.1 Å². The lowest BCUT2D eigenvalue weighted by atomic mass is 9.88. The van der Waals surface area contributed by atoms with E-state index in [0.717, 1.165) is 6.42 Å². The van der Waals surface area contributed by atoms with Crippen molar-refractivity contribution in [2.45, 2.75) is 64.8 Å². The van der Waals surface area contributed by atoms with Gasteiger partial charge in [0.2, 0.25) is 17.4 Å². The predicted molar refractivity (Wildman–Crippen MR) is 130 cm³/mol. The van der Waals surface area contributed by atoms with Gasteiger partial charge in [-0.1, -0.05) is 11.8 Å². The highest BCUT2D eigenvalue weighted by atomic mass is 16.5. The van der Waals surface area contributed by atoms with Gasteiger partial charge in [-0.2, -0.15) is 9.97 Å². The first kappa shape index (κ1) is 26.0. The Bertz CT molecular complexity index is 1240. The quantitative estimate of drug-likeness (QED) is 0.612. The highest BCUT2D eigenvalue weighted by Gasteiger charge is 2.39. The van der Waals surface area contributed by atoms with E-state index in [2.05, 4.69) is 55.5 Å². The molecule has 0 radical (unpaired) electrons. The molecule has 1 aliphatic heterocycles. The van der Waals surface area contributed by atoms with Crippen molar-refractivity contribution in [2.24, 2.45) is 5.92 Å². The average Bonchev–Trinajstić information content (AvgIpc) is 3.36. The van der Waals surface area contributed by atoms with Crippen LogP contribution >= 0.6 is 0 Å². The standard InChI is InChI=1S/C27H30N4O4/c1-7-13-25(4,32)23-28-16-10-21(30-23)35-27(6,15-9-3)24-29-17-11-22(31-24)34-26(5,14-8-2)20-12-18-33-19-20/h10-11,16-17,20,32H,12,18-19H2,1-6H3/t20?,25-,26?,27+/m0/s1. The highest BCUT2D eigenvalue weighted by Crippen LogP contribution is 2.31. The molecule has 1 N–H and O–H groups in total. The van der Waals surface area contributed by atoms with Crippen molar-refractivity contribution in [3.8, 4) is 47.3 Å².